The molecule has 0 spiro atoms. The largest absolute Gasteiger partial charge is 0.328 e. The molecule has 0 aromatic rings. The van der Waals surface area contributed by atoms with Crippen LogP contribution in [0.1, 0.15) is 65.2 Å². The van der Waals surface area contributed by atoms with E-state index in [-0.39, 0.29) is 18.4 Å². The Labute approximate surface area is 118 Å². The lowest BCUT2D eigenvalue weighted by Gasteiger charge is -2.32. The number of rotatable bonds is 7. The van der Waals surface area contributed by atoms with Crippen molar-refractivity contribution >= 4 is 18.4 Å². The fourth-order valence-corrected chi connectivity index (χ4v) is 12.2. The van der Waals surface area contributed by atoms with Gasteiger partial charge in [0.15, 0.2) is 0 Å². The van der Waals surface area contributed by atoms with E-state index in [4.69, 9.17) is 0 Å². The van der Waals surface area contributed by atoms with Gasteiger partial charge in [-0.25, -0.2) is 0 Å². The highest BCUT2D eigenvalue weighted by Crippen LogP contribution is 2.24. The summed E-state index contributed by atoms with van der Waals surface area (Å²) in [5, 5.41) is 0. The Morgan fingerprint density at radius 1 is 0.722 bits per heavy atom. The second-order valence-electron chi connectivity index (χ2n) is 6.13. The molecule has 2 aliphatic rings. The van der Waals surface area contributed by atoms with Crippen molar-refractivity contribution < 1.29 is 0 Å². The Morgan fingerprint density at radius 3 is 1.33 bits per heavy atom. The average Bonchev–Trinajstić information content (AvgIpc) is 3.07. The summed E-state index contributed by atoms with van der Waals surface area (Å²) < 4.78 is 5.88. The monoisotopic (exact) mass is 284 g/mol. The second kappa shape index (κ2) is 7.83. The molecule has 2 fully saturated rings. The summed E-state index contributed by atoms with van der Waals surface area (Å²) in [5.41, 5.74) is 0. The minimum absolute atomic E-state index is 0.102. The fraction of sp³-hybridized carbons (Fsp3) is 1.00. The van der Waals surface area contributed by atoms with Gasteiger partial charge in [0.2, 0.25) is 0 Å². The fourth-order valence-electron chi connectivity index (χ4n) is 3.99. The van der Waals surface area contributed by atoms with Gasteiger partial charge in [0.05, 0.1) is 18.4 Å². The van der Waals surface area contributed by atoms with Crippen LogP contribution in [0.25, 0.3) is 0 Å². The molecule has 2 saturated carbocycles. The molecule has 0 N–H and O–H groups in total. The Balaban J connectivity index is 1.76. The van der Waals surface area contributed by atoms with Gasteiger partial charge in [0.25, 0.3) is 0 Å². The van der Waals surface area contributed by atoms with Gasteiger partial charge < -0.3 is 9.13 Å². The predicted octanol–water partition coefficient (Wildman–Crippen LogP) is 1.60. The van der Waals surface area contributed by atoms with Crippen molar-refractivity contribution in [3.05, 3.63) is 0 Å². The van der Waals surface area contributed by atoms with Gasteiger partial charge in [-0.3, -0.25) is 0 Å². The second-order valence-corrected chi connectivity index (χ2v) is 11.3. The summed E-state index contributed by atoms with van der Waals surface area (Å²) in [5.74, 6) is 0. The van der Waals surface area contributed by atoms with Crippen molar-refractivity contribution in [2.75, 3.05) is 13.1 Å². The molecule has 0 saturated heterocycles. The molecule has 0 aliphatic heterocycles. The SMILES string of the molecule is CCN([SiH2][SiH2]N(CC)C1CCCC1)C1CCCC1. The van der Waals surface area contributed by atoms with Crippen molar-refractivity contribution in [3.63, 3.8) is 0 Å². The van der Waals surface area contributed by atoms with Crippen molar-refractivity contribution in [2.45, 2.75) is 77.3 Å². The highest BCUT2D eigenvalue weighted by atomic mass is 29.2. The van der Waals surface area contributed by atoms with E-state index < -0.39 is 0 Å². The number of hydrogen-bond acceptors (Lipinski definition) is 2. The Hall–Kier alpha value is 0.354. The number of nitrogens with zero attached hydrogens (tertiary/aromatic N) is 2. The van der Waals surface area contributed by atoms with Gasteiger partial charge in [-0.15, -0.1) is 0 Å². The summed E-state index contributed by atoms with van der Waals surface area (Å²) in [4.78, 5) is 0. The van der Waals surface area contributed by atoms with Crippen LogP contribution in [0.4, 0.5) is 0 Å². The zero-order chi connectivity index (χ0) is 12.8. The molecular formula is C14H32N2Si2. The Bertz CT molecular complexity index is 202. The summed E-state index contributed by atoms with van der Waals surface area (Å²) >= 11 is 0. The predicted molar refractivity (Wildman–Crippen MR) is 86.4 cm³/mol. The standard InChI is InChI=1S/C14H32N2Si2/c1-3-15(13-9-5-6-10-13)17-18-16(4-2)14-11-7-8-12-14/h13-14H,3-12,17-18H2,1-2H3. The first kappa shape index (κ1) is 14.8. The van der Waals surface area contributed by atoms with Crippen LogP contribution in [0, 0.1) is 0 Å². The highest BCUT2D eigenvalue weighted by molar-refractivity contribution is 6.97. The van der Waals surface area contributed by atoms with E-state index in [1.165, 1.54) is 64.5 Å². The molecule has 2 nitrogen and oxygen atoms in total. The van der Waals surface area contributed by atoms with E-state index >= 15 is 0 Å². The van der Waals surface area contributed by atoms with Gasteiger partial charge in [-0.2, -0.15) is 0 Å². The van der Waals surface area contributed by atoms with Gasteiger partial charge in [-0.05, 0) is 38.8 Å². The zero-order valence-electron chi connectivity index (χ0n) is 12.5. The number of hydrogen-bond donors (Lipinski definition) is 0. The normalized spacial score (nSPS) is 24.0. The molecular weight excluding hydrogens is 252 g/mol. The lowest BCUT2D eigenvalue weighted by molar-refractivity contribution is 0.339. The molecule has 0 unspecified atom stereocenters. The van der Waals surface area contributed by atoms with Crippen LogP contribution in [0.3, 0.4) is 0 Å². The Kier molecular flexibility index (Phi) is 6.42. The van der Waals surface area contributed by atoms with Crippen LogP contribution in [0.2, 0.25) is 0 Å². The minimum Gasteiger partial charge on any atom is -0.328 e. The zero-order valence-corrected chi connectivity index (χ0v) is 15.4. The van der Waals surface area contributed by atoms with Crippen LogP contribution in [-0.2, 0) is 0 Å². The van der Waals surface area contributed by atoms with Crippen molar-refractivity contribution in [2.24, 2.45) is 0 Å². The summed E-state index contributed by atoms with van der Waals surface area (Å²) in [6.45, 7) is 7.47. The van der Waals surface area contributed by atoms with Crippen molar-refractivity contribution in [1.82, 2.24) is 9.13 Å². The molecule has 2 aliphatic carbocycles. The average molecular weight is 285 g/mol. The smallest absolute Gasteiger partial charge is 0.0971 e. The molecule has 106 valence electrons. The van der Waals surface area contributed by atoms with E-state index in [1.807, 2.05) is 0 Å². The van der Waals surface area contributed by atoms with Crippen LogP contribution in [0.15, 0.2) is 0 Å². The molecule has 2 rings (SSSR count). The van der Waals surface area contributed by atoms with Gasteiger partial charge in [-0.1, -0.05) is 39.5 Å². The van der Waals surface area contributed by atoms with Crippen LogP contribution >= 0.6 is 0 Å². The molecule has 0 amide bonds. The lowest BCUT2D eigenvalue weighted by atomic mass is 10.2. The van der Waals surface area contributed by atoms with E-state index in [0.717, 1.165) is 12.1 Å². The highest BCUT2D eigenvalue weighted by Gasteiger charge is 2.24. The van der Waals surface area contributed by atoms with Crippen LogP contribution < -0.4 is 0 Å². The molecule has 0 heterocycles. The van der Waals surface area contributed by atoms with Gasteiger partial charge in [0.1, 0.15) is 0 Å². The maximum absolute atomic E-state index is 2.94. The third-order valence-corrected chi connectivity index (χ3v) is 12.5. The van der Waals surface area contributed by atoms with Crippen LogP contribution in [0.5, 0.6) is 0 Å². The van der Waals surface area contributed by atoms with Gasteiger partial charge in [0, 0.05) is 12.1 Å². The minimum atomic E-state index is 0.102. The first-order valence-corrected chi connectivity index (χ1v) is 13.6. The molecule has 0 aromatic carbocycles. The van der Waals surface area contributed by atoms with E-state index in [9.17, 15) is 0 Å². The lowest BCUT2D eigenvalue weighted by Crippen LogP contribution is -2.47. The Morgan fingerprint density at radius 2 is 1.06 bits per heavy atom. The van der Waals surface area contributed by atoms with E-state index in [2.05, 4.69) is 23.0 Å². The van der Waals surface area contributed by atoms with E-state index in [1.54, 1.807) is 0 Å². The quantitative estimate of drug-likeness (QED) is 0.655. The van der Waals surface area contributed by atoms with Crippen molar-refractivity contribution in [1.29, 1.82) is 0 Å². The molecule has 0 atom stereocenters. The maximum atomic E-state index is 2.94. The topological polar surface area (TPSA) is 6.48 Å². The molecule has 0 radical (unpaired) electrons. The summed E-state index contributed by atoms with van der Waals surface area (Å²) in [6, 6.07) is 1.99. The van der Waals surface area contributed by atoms with E-state index in [0.29, 0.717) is 0 Å². The molecule has 0 bridgehead atoms. The third-order valence-electron chi connectivity index (χ3n) is 5.17. The van der Waals surface area contributed by atoms with Crippen LogP contribution in [-0.4, -0.2) is 52.7 Å². The molecule has 0 aromatic heterocycles. The summed E-state index contributed by atoms with van der Waals surface area (Å²) in [6.07, 6.45) is 12.0. The summed E-state index contributed by atoms with van der Waals surface area (Å²) in [7, 11) is 0.204. The first-order chi connectivity index (χ1) is 8.85. The maximum Gasteiger partial charge on any atom is 0.0971 e. The third kappa shape index (κ3) is 3.92. The molecule has 18 heavy (non-hydrogen) atoms. The van der Waals surface area contributed by atoms with Crippen molar-refractivity contribution in [3.8, 4) is 0 Å². The van der Waals surface area contributed by atoms with Gasteiger partial charge >= 0.3 is 0 Å². The molecule has 4 heteroatoms. The first-order valence-electron chi connectivity index (χ1n) is 8.33.